The summed E-state index contributed by atoms with van der Waals surface area (Å²) in [5.74, 6) is 0. The van der Waals surface area contributed by atoms with E-state index in [1.165, 1.54) is 5.56 Å². The Bertz CT molecular complexity index is 1740. The van der Waals surface area contributed by atoms with Gasteiger partial charge in [-0.1, -0.05) is 36.4 Å². The minimum Gasteiger partial charge on any atom is -0.265 e. The molecule has 7 aromatic heterocycles. The third kappa shape index (κ3) is 10.6. The molecule has 0 bridgehead atoms. The molecule has 0 N–H and O–H groups in total. The number of nitrogens with zero attached hydrogens (tertiary/aromatic N) is 7. The van der Waals surface area contributed by atoms with Crippen LogP contribution in [0, 0.1) is 6.92 Å². The summed E-state index contributed by atoms with van der Waals surface area (Å²) < 4.78 is 0. The van der Waals surface area contributed by atoms with Gasteiger partial charge in [0.05, 0.1) is 34.2 Å². The second-order valence-electron chi connectivity index (χ2n) is 9.67. The topological polar surface area (TPSA) is 90.2 Å². The van der Waals surface area contributed by atoms with Crippen LogP contribution >= 0.6 is 0 Å². The van der Waals surface area contributed by atoms with Gasteiger partial charge in [-0.15, -0.1) is 0 Å². The van der Waals surface area contributed by atoms with Gasteiger partial charge in [0.15, 0.2) is 0 Å². The van der Waals surface area contributed by atoms with Crippen molar-refractivity contribution in [3.05, 3.63) is 175 Å². The Morgan fingerprint density at radius 1 is 0.370 bits per heavy atom. The zero-order valence-electron chi connectivity index (χ0n) is 25.1. The number of rotatable bonds is 5. The standard InChI is InChI=1S/C18H15N3.2C10H8N2.Os/c1-14-4-10-20-17(12-14)18-13-16(7-11-21-18)3-2-15-5-8-19-9-6-15;2*1-3-7-11-9(5-1)10-6-2-4-8-12-10;/h2-13H,1H3;2*1-8H;. The van der Waals surface area contributed by atoms with E-state index in [0.717, 1.165) is 45.3 Å². The van der Waals surface area contributed by atoms with Crippen LogP contribution in [0.15, 0.2) is 159 Å². The maximum atomic E-state index is 4.40. The van der Waals surface area contributed by atoms with Crippen molar-refractivity contribution < 1.29 is 19.8 Å². The van der Waals surface area contributed by atoms with Crippen molar-refractivity contribution in [3.8, 4) is 34.2 Å². The summed E-state index contributed by atoms with van der Waals surface area (Å²) in [5.41, 5.74) is 8.84. The summed E-state index contributed by atoms with van der Waals surface area (Å²) in [5, 5.41) is 0. The third-order valence-corrected chi connectivity index (χ3v) is 6.32. The molecule has 7 aromatic rings. The molecule has 0 aliphatic heterocycles. The average molecular weight is 776 g/mol. The maximum Gasteiger partial charge on any atom is 0.0892 e. The van der Waals surface area contributed by atoms with Crippen LogP contribution in [0.1, 0.15) is 16.7 Å². The Balaban J connectivity index is 0.000000165. The molecule has 7 nitrogen and oxygen atoms in total. The SMILES string of the molecule is Cc1ccnc(-c2cc(C=Cc3ccncc3)ccn2)c1.[Os].c1ccc(-c2ccccn2)nc1.c1ccc(-c2ccccn2)nc1. The van der Waals surface area contributed by atoms with Crippen LogP contribution in [-0.2, 0) is 19.8 Å². The quantitative estimate of drug-likeness (QED) is 0.174. The first-order valence-electron chi connectivity index (χ1n) is 14.4. The van der Waals surface area contributed by atoms with Crippen molar-refractivity contribution in [2.24, 2.45) is 0 Å². The van der Waals surface area contributed by atoms with Crippen molar-refractivity contribution in [2.45, 2.75) is 6.92 Å². The first-order chi connectivity index (χ1) is 22.2. The molecule has 0 aliphatic carbocycles. The van der Waals surface area contributed by atoms with Gasteiger partial charge in [0.25, 0.3) is 0 Å². The fourth-order valence-electron chi connectivity index (χ4n) is 4.09. The molecule has 7 heterocycles. The largest absolute Gasteiger partial charge is 0.265 e. The molecule has 7 rings (SSSR count). The maximum absolute atomic E-state index is 4.40. The van der Waals surface area contributed by atoms with E-state index in [0.29, 0.717) is 0 Å². The predicted molar refractivity (Wildman–Crippen MR) is 180 cm³/mol. The van der Waals surface area contributed by atoms with Gasteiger partial charge in [0.1, 0.15) is 0 Å². The van der Waals surface area contributed by atoms with E-state index >= 15 is 0 Å². The summed E-state index contributed by atoms with van der Waals surface area (Å²) in [6.45, 7) is 2.05. The Morgan fingerprint density at radius 3 is 1.20 bits per heavy atom. The number of hydrogen-bond acceptors (Lipinski definition) is 7. The van der Waals surface area contributed by atoms with Crippen LogP contribution in [0.3, 0.4) is 0 Å². The van der Waals surface area contributed by atoms with Crippen LogP contribution < -0.4 is 0 Å². The number of hydrogen-bond donors (Lipinski definition) is 0. The van der Waals surface area contributed by atoms with Gasteiger partial charge in [0.2, 0.25) is 0 Å². The fourth-order valence-corrected chi connectivity index (χ4v) is 4.09. The van der Waals surface area contributed by atoms with E-state index in [2.05, 4.69) is 54.0 Å². The zero-order chi connectivity index (χ0) is 30.9. The Hall–Kier alpha value is -5.57. The first kappa shape index (κ1) is 33.3. The summed E-state index contributed by atoms with van der Waals surface area (Å²) >= 11 is 0. The number of pyridine rings is 7. The molecule has 0 saturated carbocycles. The second-order valence-corrected chi connectivity index (χ2v) is 9.67. The van der Waals surface area contributed by atoms with E-state index < -0.39 is 0 Å². The monoisotopic (exact) mass is 777 g/mol. The Labute approximate surface area is 282 Å². The van der Waals surface area contributed by atoms with Gasteiger partial charge < -0.3 is 0 Å². The van der Waals surface area contributed by atoms with Gasteiger partial charge >= 0.3 is 0 Å². The fraction of sp³-hybridized carbons (Fsp3) is 0.0263. The van der Waals surface area contributed by atoms with E-state index in [1.54, 1.807) is 37.2 Å². The second kappa shape index (κ2) is 18.3. The minimum absolute atomic E-state index is 0. The van der Waals surface area contributed by atoms with Crippen molar-refractivity contribution in [1.82, 2.24) is 34.9 Å². The molecule has 0 aromatic carbocycles. The first-order valence-corrected chi connectivity index (χ1v) is 14.4. The van der Waals surface area contributed by atoms with E-state index in [4.69, 9.17) is 0 Å². The van der Waals surface area contributed by atoms with E-state index in [-0.39, 0.29) is 19.8 Å². The predicted octanol–water partition coefficient (Wildman–Crippen LogP) is 8.30. The van der Waals surface area contributed by atoms with Gasteiger partial charge in [-0.3, -0.25) is 34.9 Å². The van der Waals surface area contributed by atoms with Crippen LogP contribution in [-0.4, -0.2) is 34.9 Å². The molecular formula is C38H31N7Os. The molecule has 0 aliphatic rings. The van der Waals surface area contributed by atoms with Crippen LogP contribution in [0.2, 0.25) is 0 Å². The van der Waals surface area contributed by atoms with Crippen molar-refractivity contribution in [3.63, 3.8) is 0 Å². The molecule has 0 spiro atoms. The molecular weight excluding hydrogens is 745 g/mol. The van der Waals surface area contributed by atoms with Crippen molar-refractivity contribution >= 4 is 12.2 Å². The summed E-state index contributed by atoms with van der Waals surface area (Å²) in [6, 6.07) is 35.2. The molecule has 46 heavy (non-hydrogen) atoms. The molecule has 0 fully saturated rings. The molecule has 8 heteroatoms. The Morgan fingerprint density at radius 2 is 0.761 bits per heavy atom. The van der Waals surface area contributed by atoms with Crippen molar-refractivity contribution in [1.29, 1.82) is 0 Å². The third-order valence-electron chi connectivity index (χ3n) is 6.32. The minimum atomic E-state index is 0. The Kier molecular flexibility index (Phi) is 13.2. The van der Waals surface area contributed by atoms with Gasteiger partial charge in [-0.2, -0.15) is 0 Å². The normalized spacial score (nSPS) is 10.0. The van der Waals surface area contributed by atoms with Crippen LogP contribution in [0.5, 0.6) is 0 Å². The van der Waals surface area contributed by atoms with Gasteiger partial charge in [-0.25, -0.2) is 0 Å². The molecule has 0 unspecified atom stereocenters. The molecule has 226 valence electrons. The van der Waals surface area contributed by atoms with E-state index in [9.17, 15) is 0 Å². The number of aryl methyl sites for hydroxylation is 1. The molecule has 0 atom stereocenters. The van der Waals surface area contributed by atoms with E-state index in [1.807, 2.05) is 122 Å². The smallest absolute Gasteiger partial charge is 0.0892 e. The molecule has 0 radical (unpaired) electrons. The van der Waals surface area contributed by atoms with Crippen LogP contribution in [0.25, 0.3) is 46.3 Å². The molecule has 0 saturated heterocycles. The number of aromatic nitrogens is 7. The van der Waals surface area contributed by atoms with Crippen LogP contribution in [0.4, 0.5) is 0 Å². The summed E-state index contributed by atoms with van der Waals surface area (Å²) in [7, 11) is 0. The van der Waals surface area contributed by atoms with Gasteiger partial charge in [-0.05, 0) is 109 Å². The zero-order valence-corrected chi connectivity index (χ0v) is 27.7. The molecule has 0 amide bonds. The van der Waals surface area contributed by atoms with Crippen molar-refractivity contribution in [2.75, 3.05) is 0 Å². The van der Waals surface area contributed by atoms with Gasteiger partial charge in [0, 0.05) is 69.4 Å². The summed E-state index contributed by atoms with van der Waals surface area (Å²) in [4.78, 5) is 29.5. The summed E-state index contributed by atoms with van der Waals surface area (Å²) in [6.07, 6.45) is 18.4. The average Bonchev–Trinajstić information content (AvgIpc) is 3.13.